The molecule has 0 spiro atoms. The summed E-state index contributed by atoms with van der Waals surface area (Å²) in [5.74, 6) is 1.11. The molecule has 136 valence electrons. The first-order valence-electron chi connectivity index (χ1n) is 8.48. The van der Waals surface area contributed by atoms with Crippen LogP contribution in [0.3, 0.4) is 0 Å². The van der Waals surface area contributed by atoms with Crippen molar-refractivity contribution in [2.75, 3.05) is 19.9 Å². The molecule has 26 heavy (non-hydrogen) atoms. The Kier molecular flexibility index (Phi) is 4.34. The first kappa shape index (κ1) is 16.6. The van der Waals surface area contributed by atoms with Gasteiger partial charge in [-0.15, -0.1) is 0 Å². The average Bonchev–Trinajstić information content (AvgIpc) is 3.11. The van der Waals surface area contributed by atoms with Crippen molar-refractivity contribution >= 4 is 5.91 Å². The van der Waals surface area contributed by atoms with Gasteiger partial charge in [-0.1, -0.05) is 6.07 Å². The highest BCUT2D eigenvalue weighted by Gasteiger charge is 2.32. The lowest BCUT2D eigenvalue weighted by molar-refractivity contribution is -0.135. The van der Waals surface area contributed by atoms with Crippen LogP contribution in [0.15, 0.2) is 41.5 Å². The molecule has 0 bridgehead atoms. The Balaban J connectivity index is 1.42. The minimum absolute atomic E-state index is 0.0744. The number of nitrogens with zero attached hydrogens (tertiary/aromatic N) is 3. The van der Waals surface area contributed by atoms with Gasteiger partial charge in [0.2, 0.25) is 12.7 Å². The van der Waals surface area contributed by atoms with Crippen molar-refractivity contribution in [2.24, 2.45) is 0 Å². The number of hydrogen-bond acceptors (Lipinski definition) is 6. The van der Waals surface area contributed by atoms with Crippen molar-refractivity contribution in [2.45, 2.75) is 25.0 Å². The number of carbonyl (C=O) groups is 1. The number of ether oxygens (including phenoxy) is 2. The normalized spacial score (nSPS) is 21.7. The molecular weight excluding hydrogens is 338 g/mol. The van der Waals surface area contributed by atoms with Crippen molar-refractivity contribution in [3.63, 3.8) is 0 Å². The predicted molar refractivity (Wildman–Crippen MR) is 91.0 cm³/mol. The molecule has 1 aromatic heterocycles. The maximum absolute atomic E-state index is 12.5. The van der Waals surface area contributed by atoms with Crippen LogP contribution in [0.1, 0.15) is 17.9 Å². The average molecular weight is 357 g/mol. The monoisotopic (exact) mass is 357 g/mol. The fourth-order valence-corrected chi connectivity index (χ4v) is 3.44. The highest BCUT2D eigenvalue weighted by Crippen LogP contribution is 2.37. The Morgan fingerprint density at radius 1 is 1.31 bits per heavy atom. The number of aliphatic hydroxyl groups excluding tert-OH is 1. The van der Waals surface area contributed by atoms with Gasteiger partial charge in [-0.05, 0) is 30.2 Å². The van der Waals surface area contributed by atoms with Gasteiger partial charge in [-0.2, -0.15) is 0 Å². The van der Waals surface area contributed by atoms with Crippen molar-refractivity contribution < 1.29 is 19.4 Å². The fraction of sp³-hybridized carbons (Fsp3) is 0.389. The summed E-state index contributed by atoms with van der Waals surface area (Å²) in [5, 5.41) is 10.6. The van der Waals surface area contributed by atoms with E-state index in [1.807, 2.05) is 18.2 Å². The van der Waals surface area contributed by atoms with Crippen molar-refractivity contribution in [3.8, 4) is 11.5 Å². The fourth-order valence-electron chi connectivity index (χ4n) is 3.44. The molecule has 2 atom stereocenters. The van der Waals surface area contributed by atoms with Crippen LogP contribution in [0.4, 0.5) is 0 Å². The van der Waals surface area contributed by atoms with E-state index in [9.17, 15) is 14.7 Å². The van der Waals surface area contributed by atoms with Crippen LogP contribution in [-0.2, 0) is 11.3 Å². The van der Waals surface area contributed by atoms with E-state index in [4.69, 9.17) is 9.47 Å². The lowest BCUT2D eigenvalue weighted by Gasteiger charge is -2.36. The topological polar surface area (TPSA) is 93.9 Å². The van der Waals surface area contributed by atoms with Gasteiger partial charge < -0.3 is 19.5 Å². The second-order valence-corrected chi connectivity index (χ2v) is 6.45. The third-order valence-corrected chi connectivity index (χ3v) is 4.85. The number of rotatable bonds is 3. The summed E-state index contributed by atoms with van der Waals surface area (Å²) < 4.78 is 12.0. The number of aromatic nitrogens is 2. The summed E-state index contributed by atoms with van der Waals surface area (Å²) in [7, 11) is 0. The third-order valence-electron chi connectivity index (χ3n) is 4.85. The van der Waals surface area contributed by atoms with E-state index in [2.05, 4.69) is 4.98 Å². The van der Waals surface area contributed by atoms with Gasteiger partial charge in [-0.25, -0.2) is 9.78 Å². The largest absolute Gasteiger partial charge is 0.454 e. The Morgan fingerprint density at radius 3 is 2.96 bits per heavy atom. The van der Waals surface area contributed by atoms with Crippen LogP contribution in [0.5, 0.6) is 11.5 Å². The number of β-amino-alcohol motifs (C(OH)–C–C–N with tert-alkyl or cyclic N) is 1. The molecule has 0 aliphatic carbocycles. The zero-order valence-electron chi connectivity index (χ0n) is 14.1. The second kappa shape index (κ2) is 6.80. The van der Waals surface area contributed by atoms with Crippen LogP contribution < -0.4 is 15.2 Å². The summed E-state index contributed by atoms with van der Waals surface area (Å²) in [6.45, 7) is 0.882. The number of carbonyl (C=O) groups excluding carboxylic acids is 1. The summed E-state index contributed by atoms with van der Waals surface area (Å²) in [5.41, 5.74) is 0.508. The molecule has 1 saturated heterocycles. The maximum atomic E-state index is 12.5. The van der Waals surface area contributed by atoms with Gasteiger partial charge in [0.1, 0.15) is 6.54 Å². The van der Waals surface area contributed by atoms with Gasteiger partial charge in [-0.3, -0.25) is 9.36 Å². The summed E-state index contributed by atoms with van der Waals surface area (Å²) >= 11 is 0. The molecule has 2 aromatic rings. The molecule has 8 heteroatoms. The Hall–Kier alpha value is -2.87. The van der Waals surface area contributed by atoms with Crippen LogP contribution in [0.25, 0.3) is 0 Å². The number of aliphatic hydroxyl groups is 1. The summed E-state index contributed by atoms with van der Waals surface area (Å²) in [4.78, 5) is 29.3. The summed E-state index contributed by atoms with van der Waals surface area (Å²) in [6.07, 6.45) is 2.88. The Morgan fingerprint density at radius 2 is 2.15 bits per heavy atom. The molecule has 1 amide bonds. The van der Waals surface area contributed by atoms with Gasteiger partial charge in [0.05, 0.1) is 6.10 Å². The minimum atomic E-state index is -0.682. The van der Waals surface area contributed by atoms with Crippen LogP contribution in [0.2, 0.25) is 0 Å². The van der Waals surface area contributed by atoms with Gasteiger partial charge in [0.15, 0.2) is 11.5 Å². The molecule has 1 aromatic carbocycles. The van der Waals surface area contributed by atoms with Crippen LogP contribution in [-0.4, -0.2) is 51.5 Å². The first-order chi connectivity index (χ1) is 12.6. The van der Waals surface area contributed by atoms with Crippen molar-refractivity contribution in [1.82, 2.24) is 14.5 Å². The molecule has 0 saturated carbocycles. The predicted octanol–water partition coefficient (Wildman–Crippen LogP) is 0.349. The molecule has 1 fully saturated rings. The second-order valence-electron chi connectivity index (χ2n) is 6.45. The number of benzene rings is 1. The molecule has 2 aliphatic rings. The third kappa shape index (κ3) is 3.15. The Bertz CT molecular complexity index is 881. The SMILES string of the molecule is O=C(Cn1cccnc1=O)N1CC[C@@H](c2ccc3c(c2)OCO3)[C@H](O)C1. The number of likely N-dealkylation sites (tertiary alicyclic amines) is 1. The molecule has 8 nitrogen and oxygen atoms in total. The standard InChI is InChI=1S/C18H19N3O5/c22-14-9-20(17(23)10-21-6-1-5-19-18(21)24)7-4-13(14)12-2-3-15-16(8-12)26-11-25-15/h1-3,5-6,8,13-14,22H,4,7,9-11H2/t13-,14+/m0/s1. The highest BCUT2D eigenvalue weighted by molar-refractivity contribution is 5.76. The number of piperidine rings is 1. The quantitative estimate of drug-likeness (QED) is 0.852. The van der Waals surface area contributed by atoms with Gasteiger partial charge in [0.25, 0.3) is 0 Å². The highest BCUT2D eigenvalue weighted by atomic mass is 16.7. The number of hydrogen-bond donors (Lipinski definition) is 1. The lowest BCUT2D eigenvalue weighted by Crippen LogP contribution is -2.47. The summed E-state index contributed by atoms with van der Waals surface area (Å²) in [6, 6.07) is 7.27. The van der Waals surface area contributed by atoms with E-state index in [-0.39, 0.29) is 31.7 Å². The van der Waals surface area contributed by atoms with E-state index in [0.717, 1.165) is 5.56 Å². The molecular formula is C18H19N3O5. The van der Waals surface area contributed by atoms with Gasteiger partial charge >= 0.3 is 5.69 Å². The first-order valence-corrected chi connectivity index (χ1v) is 8.48. The van der Waals surface area contributed by atoms with Crippen LogP contribution in [0, 0.1) is 0 Å². The van der Waals surface area contributed by atoms with E-state index in [1.165, 1.54) is 17.0 Å². The van der Waals surface area contributed by atoms with E-state index in [0.29, 0.717) is 24.5 Å². The van der Waals surface area contributed by atoms with Gasteiger partial charge in [0, 0.05) is 31.4 Å². The van der Waals surface area contributed by atoms with E-state index in [1.54, 1.807) is 11.0 Å². The number of amides is 1. The number of fused-ring (bicyclic) bond motifs is 1. The molecule has 1 N–H and O–H groups in total. The maximum Gasteiger partial charge on any atom is 0.347 e. The van der Waals surface area contributed by atoms with E-state index >= 15 is 0 Å². The molecule has 3 heterocycles. The van der Waals surface area contributed by atoms with Crippen molar-refractivity contribution in [1.29, 1.82) is 0 Å². The molecule has 0 unspecified atom stereocenters. The van der Waals surface area contributed by atoms with E-state index < -0.39 is 11.8 Å². The van der Waals surface area contributed by atoms with Crippen molar-refractivity contribution in [3.05, 3.63) is 52.7 Å². The lowest BCUT2D eigenvalue weighted by atomic mass is 9.87. The minimum Gasteiger partial charge on any atom is -0.454 e. The smallest absolute Gasteiger partial charge is 0.347 e. The molecule has 4 rings (SSSR count). The zero-order valence-corrected chi connectivity index (χ0v) is 14.1. The van der Waals surface area contributed by atoms with Crippen LogP contribution >= 0.6 is 0 Å². The molecule has 0 radical (unpaired) electrons. The molecule has 2 aliphatic heterocycles. The Labute approximate surface area is 149 Å². The zero-order chi connectivity index (χ0) is 18.1.